The van der Waals surface area contributed by atoms with Crippen LogP contribution in [0.25, 0.3) is 0 Å². The minimum absolute atomic E-state index is 0.148. The van der Waals surface area contributed by atoms with E-state index in [2.05, 4.69) is 12.2 Å². The maximum Gasteiger partial charge on any atom is 0.338 e. The lowest BCUT2D eigenvalue weighted by molar-refractivity contribution is -0.125. The van der Waals surface area contributed by atoms with Gasteiger partial charge in [-0.3, -0.25) is 4.79 Å². The number of benzene rings is 1. The third-order valence-corrected chi connectivity index (χ3v) is 4.94. The Morgan fingerprint density at radius 1 is 0.966 bits per heavy atom. The number of ether oxygens (including phenoxy) is 4. The van der Waals surface area contributed by atoms with E-state index in [4.69, 9.17) is 18.9 Å². The molecule has 1 aliphatic rings. The number of esters is 1. The molecule has 0 unspecified atom stereocenters. The van der Waals surface area contributed by atoms with Crippen LogP contribution in [0.2, 0.25) is 0 Å². The molecule has 29 heavy (non-hydrogen) atoms. The van der Waals surface area contributed by atoms with Crippen LogP contribution in [0.4, 0.5) is 0 Å². The van der Waals surface area contributed by atoms with Crippen LogP contribution >= 0.6 is 0 Å². The maximum atomic E-state index is 12.5. The van der Waals surface area contributed by atoms with E-state index in [1.54, 1.807) is 12.1 Å². The lowest BCUT2D eigenvalue weighted by Gasteiger charge is -2.29. The molecule has 2 rings (SSSR count). The van der Waals surface area contributed by atoms with Crippen LogP contribution in [0.3, 0.4) is 0 Å². The zero-order valence-electron chi connectivity index (χ0n) is 17.9. The van der Waals surface area contributed by atoms with E-state index >= 15 is 0 Å². The minimum atomic E-state index is -0.609. The molecule has 0 aromatic heterocycles. The van der Waals surface area contributed by atoms with Crippen LogP contribution in [0.5, 0.6) is 17.2 Å². The van der Waals surface area contributed by atoms with Crippen molar-refractivity contribution < 1.29 is 28.5 Å². The highest BCUT2D eigenvalue weighted by atomic mass is 16.5. The summed E-state index contributed by atoms with van der Waals surface area (Å²) in [5.41, 5.74) is 0.249. The lowest BCUT2D eigenvalue weighted by atomic mass is 9.86. The predicted octanol–water partition coefficient (Wildman–Crippen LogP) is 3.73. The molecule has 1 N–H and O–H groups in total. The first kappa shape index (κ1) is 22.8. The zero-order chi connectivity index (χ0) is 21.2. The molecular weight excluding hydrogens is 374 g/mol. The highest BCUT2D eigenvalue weighted by Gasteiger charge is 2.24. The van der Waals surface area contributed by atoms with E-state index < -0.39 is 5.97 Å². The largest absolute Gasteiger partial charge is 0.490 e. The third-order valence-electron chi connectivity index (χ3n) is 4.94. The second-order valence-electron chi connectivity index (χ2n) is 7.11. The number of rotatable bonds is 10. The van der Waals surface area contributed by atoms with Crippen LogP contribution < -0.4 is 19.5 Å². The number of amides is 1. The number of hydrogen-bond acceptors (Lipinski definition) is 6. The molecule has 162 valence electrons. The van der Waals surface area contributed by atoms with Crippen molar-refractivity contribution in [1.29, 1.82) is 0 Å². The molecule has 0 saturated heterocycles. The average molecular weight is 408 g/mol. The number of carbonyl (C=O) groups is 2. The smallest absolute Gasteiger partial charge is 0.338 e. The van der Waals surface area contributed by atoms with E-state index in [-0.39, 0.29) is 24.1 Å². The van der Waals surface area contributed by atoms with Crippen molar-refractivity contribution >= 4 is 11.9 Å². The van der Waals surface area contributed by atoms with Crippen molar-refractivity contribution in [2.24, 2.45) is 5.92 Å². The Balaban J connectivity index is 2.05. The first-order valence-electron chi connectivity index (χ1n) is 10.5. The molecule has 0 radical (unpaired) electrons. The third kappa shape index (κ3) is 6.54. The first-order chi connectivity index (χ1) is 14.0. The van der Waals surface area contributed by atoms with Crippen LogP contribution in [-0.4, -0.2) is 44.3 Å². The number of nitrogens with one attached hydrogen (secondary N) is 1. The SMILES string of the molecule is CCOc1cc(C(=O)OCC(=O)N[C@H]2CCCC[C@H]2C)cc(OCC)c1OCC. The Kier molecular flexibility index (Phi) is 9.09. The molecule has 1 aromatic rings. The van der Waals surface area contributed by atoms with E-state index in [0.29, 0.717) is 43.0 Å². The summed E-state index contributed by atoms with van der Waals surface area (Å²) in [6.07, 6.45) is 4.39. The lowest BCUT2D eigenvalue weighted by Crippen LogP contribution is -2.42. The topological polar surface area (TPSA) is 83.1 Å². The van der Waals surface area contributed by atoms with Gasteiger partial charge in [-0.15, -0.1) is 0 Å². The normalized spacial score (nSPS) is 18.6. The van der Waals surface area contributed by atoms with Crippen LogP contribution in [-0.2, 0) is 9.53 Å². The van der Waals surface area contributed by atoms with E-state index in [0.717, 1.165) is 19.3 Å². The molecule has 1 amide bonds. The summed E-state index contributed by atoms with van der Waals surface area (Å²) in [4.78, 5) is 24.7. The van der Waals surface area contributed by atoms with Gasteiger partial charge in [0.1, 0.15) is 0 Å². The van der Waals surface area contributed by atoms with Gasteiger partial charge in [-0.2, -0.15) is 0 Å². The number of carbonyl (C=O) groups excluding carboxylic acids is 2. The summed E-state index contributed by atoms with van der Waals surface area (Å²) < 4.78 is 22.1. The average Bonchev–Trinajstić information content (AvgIpc) is 2.70. The molecule has 1 fully saturated rings. The molecular formula is C22H33NO6. The monoisotopic (exact) mass is 407 g/mol. The summed E-state index contributed by atoms with van der Waals surface area (Å²) in [6, 6.07) is 3.26. The van der Waals surface area contributed by atoms with Crippen LogP contribution in [0, 0.1) is 5.92 Å². The van der Waals surface area contributed by atoms with Crippen molar-refractivity contribution in [3.05, 3.63) is 17.7 Å². The van der Waals surface area contributed by atoms with E-state index in [1.807, 2.05) is 20.8 Å². The van der Waals surface area contributed by atoms with Gasteiger partial charge in [0.05, 0.1) is 25.4 Å². The fourth-order valence-electron chi connectivity index (χ4n) is 3.50. The van der Waals surface area contributed by atoms with Crippen molar-refractivity contribution in [1.82, 2.24) is 5.32 Å². The summed E-state index contributed by atoms with van der Waals surface area (Å²) in [7, 11) is 0. The fourth-order valence-corrected chi connectivity index (χ4v) is 3.50. The molecule has 0 heterocycles. The predicted molar refractivity (Wildman–Crippen MR) is 110 cm³/mol. The molecule has 7 heteroatoms. The van der Waals surface area contributed by atoms with Gasteiger partial charge >= 0.3 is 5.97 Å². The molecule has 7 nitrogen and oxygen atoms in total. The Hall–Kier alpha value is -2.44. The van der Waals surface area contributed by atoms with Gasteiger partial charge in [-0.1, -0.05) is 19.8 Å². The molecule has 1 aromatic carbocycles. The molecule has 0 bridgehead atoms. The van der Waals surface area contributed by atoms with E-state index in [9.17, 15) is 9.59 Å². The number of hydrogen-bond donors (Lipinski definition) is 1. The fraction of sp³-hybridized carbons (Fsp3) is 0.636. The molecule has 1 aliphatic carbocycles. The van der Waals surface area contributed by atoms with Gasteiger partial charge in [0.15, 0.2) is 18.1 Å². The summed E-state index contributed by atoms with van der Waals surface area (Å²) in [5, 5.41) is 2.98. The van der Waals surface area contributed by atoms with Gasteiger partial charge in [-0.05, 0) is 51.7 Å². The van der Waals surface area contributed by atoms with E-state index in [1.165, 1.54) is 6.42 Å². The molecule has 1 saturated carbocycles. The van der Waals surface area contributed by atoms with Crippen molar-refractivity contribution in [2.45, 2.75) is 59.4 Å². The summed E-state index contributed by atoms with van der Waals surface area (Å²) in [5.74, 6) is 0.828. The highest BCUT2D eigenvalue weighted by Crippen LogP contribution is 2.39. The second kappa shape index (κ2) is 11.5. The second-order valence-corrected chi connectivity index (χ2v) is 7.11. The van der Waals surface area contributed by atoms with Crippen LogP contribution in [0.1, 0.15) is 63.7 Å². The van der Waals surface area contributed by atoms with Gasteiger partial charge in [0.2, 0.25) is 5.75 Å². The Morgan fingerprint density at radius 2 is 1.55 bits per heavy atom. The minimum Gasteiger partial charge on any atom is -0.490 e. The Bertz CT molecular complexity index is 663. The zero-order valence-corrected chi connectivity index (χ0v) is 17.9. The first-order valence-corrected chi connectivity index (χ1v) is 10.5. The highest BCUT2D eigenvalue weighted by molar-refractivity contribution is 5.92. The Labute approximate surface area is 173 Å². The van der Waals surface area contributed by atoms with Crippen molar-refractivity contribution in [3.8, 4) is 17.2 Å². The molecule has 2 atom stereocenters. The summed E-state index contributed by atoms with van der Waals surface area (Å²) in [6.45, 7) is 8.63. The van der Waals surface area contributed by atoms with Gasteiger partial charge in [0.25, 0.3) is 5.91 Å². The quantitative estimate of drug-likeness (QED) is 0.595. The van der Waals surface area contributed by atoms with Gasteiger partial charge < -0.3 is 24.3 Å². The van der Waals surface area contributed by atoms with Gasteiger partial charge in [-0.25, -0.2) is 4.79 Å². The maximum absolute atomic E-state index is 12.5. The van der Waals surface area contributed by atoms with Crippen molar-refractivity contribution in [2.75, 3.05) is 26.4 Å². The van der Waals surface area contributed by atoms with Crippen LogP contribution in [0.15, 0.2) is 12.1 Å². The van der Waals surface area contributed by atoms with Gasteiger partial charge in [0, 0.05) is 6.04 Å². The molecule has 0 spiro atoms. The molecule has 0 aliphatic heterocycles. The standard InChI is InChI=1S/C22H33NO6/c1-5-26-18-12-16(13-19(27-6-2)21(18)28-7-3)22(25)29-14-20(24)23-17-11-9-8-10-15(17)4/h12-13,15,17H,5-11,14H2,1-4H3,(H,23,24)/t15-,17+/m1/s1. The van der Waals surface area contributed by atoms with Crippen molar-refractivity contribution in [3.63, 3.8) is 0 Å². The Morgan fingerprint density at radius 3 is 2.10 bits per heavy atom. The summed E-state index contributed by atoms with van der Waals surface area (Å²) >= 11 is 0.